The van der Waals surface area contributed by atoms with Crippen LogP contribution in [0.2, 0.25) is 0 Å². The second-order valence-corrected chi connectivity index (χ2v) is 9.90. The summed E-state index contributed by atoms with van der Waals surface area (Å²) < 4.78 is 2.17. The Morgan fingerprint density at radius 3 is 2.48 bits per heavy atom. The number of thioether (sulfide) groups is 1. The molecule has 4 aromatic rings. The topological polar surface area (TPSA) is 66.8 Å². The van der Waals surface area contributed by atoms with E-state index in [2.05, 4.69) is 57.8 Å². The molecule has 0 spiro atoms. The summed E-state index contributed by atoms with van der Waals surface area (Å²) in [5.41, 5.74) is 3.83. The van der Waals surface area contributed by atoms with Crippen LogP contribution in [0.5, 0.6) is 0 Å². The minimum absolute atomic E-state index is 0.102. The number of hydrogen-bond acceptors (Lipinski definition) is 5. The second kappa shape index (κ2) is 9.93. The lowest BCUT2D eigenvalue weighted by molar-refractivity contribution is 0.0995. The quantitative estimate of drug-likeness (QED) is 0.264. The molecule has 7 heteroatoms. The third-order valence-electron chi connectivity index (χ3n) is 6.03. The summed E-state index contributed by atoms with van der Waals surface area (Å²) in [7, 11) is 4.13. The number of para-hydroxylation sites is 1. The van der Waals surface area contributed by atoms with Gasteiger partial charge in [0.15, 0.2) is 16.8 Å². The van der Waals surface area contributed by atoms with Crippen LogP contribution in [-0.2, 0) is 6.54 Å². The number of nitrogens with zero attached hydrogens (tertiary/aromatic N) is 4. The summed E-state index contributed by atoms with van der Waals surface area (Å²) in [6, 6.07) is 18.4. The number of aromatic nitrogens is 4. The Bertz CT molecular complexity index is 1240. The molecule has 0 unspecified atom stereocenters. The average molecular weight is 462 g/mol. The molecule has 6 nitrogen and oxygen atoms in total. The first-order chi connectivity index (χ1) is 15.9. The number of rotatable bonds is 9. The molecule has 0 saturated carbocycles. The van der Waals surface area contributed by atoms with E-state index >= 15 is 0 Å². The molecule has 172 valence electrons. The van der Waals surface area contributed by atoms with Crippen LogP contribution in [-0.4, -0.2) is 49.8 Å². The van der Waals surface area contributed by atoms with Gasteiger partial charge in [0.2, 0.25) is 0 Å². The molecule has 0 bridgehead atoms. The standard InChI is InChI=1S/C26H31N5OS/c1-6-22(30(4)5)25-28-29-26(31(25)16-19-12-8-7-9-13-19)33-18(3)24(32)23-17(2)27-21-15-11-10-14-20(21)23/h7-15,18,22,27H,6,16H2,1-5H3/t18-,22+/m1/s1. The molecule has 0 aliphatic rings. The fourth-order valence-corrected chi connectivity index (χ4v) is 5.25. The number of carbonyl (C=O) groups is 1. The van der Waals surface area contributed by atoms with E-state index in [1.165, 1.54) is 17.3 Å². The van der Waals surface area contributed by atoms with Gasteiger partial charge in [0.25, 0.3) is 0 Å². The Balaban J connectivity index is 1.67. The van der Waals surface area contributed by atoms with Gasteiger partial charge in [0, 0.05) is 22.2 Å². The Labute approximate surface area is 199 Å². The van der Waals surface area contributed by atoms with E-state index in [0.717, 1.165) is 39.6 Å². The number of hydrogen-bond donors (Lipinski definition) is 1. The van der Waals surface area contributed by atoms with E-state index in [1.54, 1.807) is 0 Å². The van der Waals surface area contributed by atoms with Gasteiger partial charge in [-0.2, -0.15) is 0 Å². The van der Waals surface area contributed by atoms with Crippen LogP contribution in [0.1, 0.15) is 53.7 Å². The molecule has 1 N–H and O–H groups in total. The summed E-state index contributed by atoms with van der Waals surface area (Å²) >= 11 is 1.48. The molecule has 0 saturated heterocycles. The molecule has 2 aromatic heterocycles. The Kier molecular flexibility index (Phi) is 7.00. The lowest BCUT2D eigenvalue weighted by Crippen LogP contribution is -2.23. The van der Waals surface area contributed by atoms with Gasteiger partial charge < -0.3 is 9.55 Å². The first-order valence-corrected chi connectivity index (χ1v) is 12.2. The number of nitrogens with one attached hydrogen (secondary N) is 1. The van der Waals surface area contributed by atoms with Crippen LogP contribution < -0.4 is 0 Å². The van der Waals surface area contributed by atoms with Crippen molar-refractivity contribution in [2.45, 2.75) is 50.2 Å². The number of carbonyl (C=O) groups excluding carboxylic acids is 1. The Hall–Kier alpha value is -2.90. The molecule has 33 heavy (non-hydrogen) atoms. The Morgan fingerprint density at radius 1 is 1.09 bits per heavy atom. The van der Waals surface area contributed by atoms with Crippen molar-refractivity contribution in [1.82, 2.24) is 24.6 Å². The lowest BCUT2D eigenvalue weighted by Gasteiger charge is -2.23. The molecule has 2 aromatic carbocycles. The van der Waals surface area contributed by atoms with Crippen LogP contribution in [0.25, 0.3) is 10.9 Å². The molecular weight excluding hydrogens is 430 g/mol. The first-order valence-electron chi connectivity index (χ1n) is 11.3. The molecule has 2 heterocycles. The van der Waals surface area contributed by atoms with Crippen molar-refractivity contribution in [3.05, 3.63) is 77.2 Å². The normalized spacial score (nSPS) is 13.5. The highest BCUT2D eigenvalue weighted by molar-refractivity contribution is 8.00. The summed E-state index contributed by atoms with van der Waals surface area (Å²) in [6.45, 7) is 6.75. The zero-order chi connectivity index (χ0) is 23.5. The van der Waals surface area contributed by atoms with Crippen molar-refractivity contribution in [3.63, 3.8) is 0 Å². The van der Waals surface area contributed by atoms with Crippen molar-refractivity contribution < 1.29 is 4.79 Å². The largest absolute Gasteiger partial charge is 0.358 e. The summed E-state index contributed by atoms with van der Waals surface area (Å²) in [5.74, 6) is 1.03. The molecule has 0 radical (unpaired) electrons. The molecule has 0 aliphatic heterocycles. The number of H-pyrrole nitrogens is 1. The third-order valence-corrected chi connectivity index (χ3v) is 7.11. The van der Waals surface area contributed by atoms with Crippen molar-refractivity contribution in [1.29, 1.82) is 0 Å². The van der Waals surface area contributed by atoms with Gasteiger partial charge in [-0.25, -0.2) is 0 Å². The predicted octanol–water partition coefficient (Wildman–Crippen LogP) is 5.49. The maximum absolute atomic E-state index is 13.5. The van der Waals surface area contributed by atoms with E-state index in [-0.39, 0.29) is 17.1 Å². The van der Waals surface area contributed by atoms with Gasteiger partial charge in [-0.1, -0.05) is 67.2 Å². The number of fused-ring (bicyclic) bond motifs is 1. The zero-order valence-corrected chi connectivity index (χ0v) is 20.7. The van der Waals surface area contributed by atoms with E-state index in [4.69, 9.17) is 0 Å². The number of aromatic amines is 1. The van der Waals surface area contributed by atoms with Gasteiger partial charge in [-0.3, -0.25) is 9.69 Å². The minimum Gasteiger partial charge on any atom is -0.358 e. The molecule has 2 atom stereocenters. The van der Waals surface area contributed by atoms with Crippen molar-refractivity contribution in [3.8, 4) is 0 Å². The monoisotopic (exact) mass is 461 g/mol. The maximum atomic E-state index is 13.5. The van der Waals surface area contributed by atoms with Gasteiger partial charge in [0.1, 0.15) is 0 Å². The molecule has 0 amide bonds. The van der Waals surface area contributed by atoms with E-state index in [0.29, 0.717) is 6.54 Å². The number of Topliss-reactive ketones (excluding diaryl/α,β-unsaturated/α-hetero) is 1. The number of aryl methyl sites for hydroxylation is 1. The van der Waals surface area contributed by atoms with E-state index in [1.807, 2.05) is 56.3 Å². The average Bonchev–Trinajstić information content (AvgIpc) is 3.34. The minimum atomic E-state index is -0.297. The van der Waals surface area contributed by atoms with Crippen molar-refractivity contribution in [2.24, 2.45) is 0 Å². The molecule has 0 fully saturated rings. The summed E-state index contributed by atoms with van der Waals surface area (Å²) in [6.07, 6.45) is 0.924. The fraction of sp³-hybridized carbons (Fsp3) is 0.346. The molecular formula is C26H31N5OS. The summed E-state index contributed by atoms with van der Waals surface area (Å²) in [4.78, 5) is 19.0. The van der Waals surface area contributed by atoms with Gasteiger partial charge >= 0.3 is 0 Å². The molecule has 0 aliphatic carbocycles. The highest BCUT2D eigenvalue weighted by Crippen LogP contribution is 2.32. The SMILES string of the molecule is CC[C@@H](c1nnc(S[C@H](C)C(=O)c2c(C)[nH]c3ccccc23)n1Cc1ccccc1)N(C)C. The zero-order valence-electron chi connectivity index (χ0n) is 19.9. The first kappa shape index (κ1) is 23.3. The third kappa shape index (κ3) is 4.75. The maximum Gasteiger partial charge on any atom is 0.192 e. The number of ketones is 1. The van der Waals surface area contributed by atoms with Crippen LogP contribution in [0.4, 0.5) is 0 Å². The molecule has 4 rings (SSSR count). The van der Waals surface area contributed by atoms with Gasteiger partial charge in [-0.05, 0) is 46.0 Å². The van der Waals surface area contributed by atoms with Crippen molar-refractivity contribution in [2.75, 3.05) is 14.1 Å². The van der Waals surface area contributed by atoms with Crippen LogP contribution >= 0.6 is 11.8 Å². The smallest absolute Gasteiger partial charge is 0.192 e. The van der Waals surface area contributed by atoms with Crippen LogP contribution in [0.3, 0.4) is 0 Å². The van der Waals surface area contributed by atoms with E-state index in [9.17, 15) is 4.79 Å². The second-order valence-electron chi connectivity index (χ2n) is 8.60. The highest BCUT2D eigenvalue weighted by atomic mass is 32.2. The van der Waals surface area contributed by atoms with Gasteiger partial charge in [0.05, 0.1) is 17.8 Å². The van der Waals surface area contributed by atoms with Crippen molar-refractivity contribution >= 4 is 28.4 Å². The predicted molar refractivity (Wildman–Crippen MR) is 135 cm³/mol. The fourth-order valence-electron chi connectivity index (χ4n) is 4.34. The van der Waals surface area contributed by atoms with Crippen LogP contribution in [0, 0.1) is 6.92 Å². The van der Waals surface area contributed by atoms with Gasteiger partial charge in [-0.15, -0.1) is 10.2 Å². The van der Waals surface area contributed by atoms with E-state index < -0.39 is 0 Å². The lowest BCUT2D eigenvalue weighted by atomic mass is 10.1. The van der Waals surface area contributed by atoms with Crippen LogP contribution in [0.15, 0.2) is 59.8 Å². The highest BCUT2D eigenvalue weighted by Gasteiger charge is 2.27. The summed E-state index contributed by atoms with van der Waals surface area (Å²) in [5, 5.41) is 10.6. The number of benzene rings is 2. The Morgan fingerprint density at radius 2 is 1.79 bits per heavy atom.